The van der Waals surface area contributed by atoms with Crippen LogP contribution in [0.1, 0.15) is 18.4 Å². The summed E-state index contributed by atoms with van der Waals surface area (Å²) < 4.78 is 5.66. The summed E-state index contributed by atoms with van der Waals surface area (Å²) in [6, 6.07) is 16.3. The number of hydrogen-bond donors (Lipinski definition) is 0. The van der Waals surface area contributed by atoms with Gasteiger partial charge in [-0.1, -0.05) is 36.4 Å². The van der Waals surface area contributed by atoms with Crippen molar-refractivity contribution < 1.29 is 9.53 Å². The van der Waals surface area contributed by atoms with Crippen LogP contribution in [0.15, 0.2) is 54.7 Å². The highest BCUT2D eigenvalue weighted by molar-refractivity contribution is 5.76. The van der Waals surface area contributed by atoms with Gasteiger partial charge in [0.25, 0.3) is 0 Å². The van der Waals surface area contributed by atoms with Gasteiger partial charge in [0.2, 0.25) is 5.91 Å². The molecule has 3 rings (SSSR count). The lowest BCUT2D eigenvalue weighted by atomic mass is 10.2. The molecule has 1 saturated heterocycles. The SMILES string of the molecule is O=C(CCCOCCc1ccccc1)N1CCN(c2ccccn2)CC1. The normalized spacial score (nSPS) is 14.5. The fourth-order valence-corrected chi connectivity index (χ4v) is 3.15. The lowest BCUT2D eigenvalue weighted by Gasteiger charge is -2.35. The van der Waals surface area contributed by atoms with Gasteiger partial charge in [-0.05, 0) is 30.5 Å². The molecule has 26 heavy (non-hydrogen) atoms. The van der Waals surface area contributed by atoms with Gasteiger partial charge < -0.3 is 14.5 Å². The van der Waals surface area contributed by atoms with Gasteiger partial charge in [0.05, 0.1) is 6.61 Å². The minimum absolute atomic E-state index is 0.234. The van der Waals surface area contributed by atoms with Crippen molar-refractivity contribution in [2.24, 2.45) is 0 Å². The van der Waals surface area contributed by atoms with E-state index in [0.717, 1.165) is 44.8 Å². The minimum Gasteiger partial charge on any atom is -0.381 e. The number of carbonyl (C=O) groups is 1. The second-order valence-corrected chi connectivity index (χ2v) is 6.51. The number of ether oxygens (including phenoxy) is 1. The lowest BCUT2D eigenvalue weighted by Crippen LogP contribution is -2.49. The lowest BCUT2D eigenvalue weighted by molar-refractivity contribution is -0.131. The van der Waals surface area contributed by atoms with Crippen molar-refractivity contribution in [2.45, 2.75) is 19.3 Å². The van der Waals surface area contributed by atoms with Gasteiger partial charge >= 0.3 is 0 Å². The van der Waals surface area contributed by atoms with Crippen LogP contribution in [-0.4, -0.2) is 55.2 Å². The summed E-state index contributed by atoms with van der Waals surface area (Å²) in [7, 11) is 0. The van der Waals surface area contributed by atoms with Crippen LogP contribution in [0.4, 0.5) is 5.82 Å². The second-order valence-electron chi connectivity index (χ2n) is 6.51. The van der Waals surface area contributed by atoms with Gasteiger partial charge in [-0.2, -0.15) is 0 Å². The van der Waals surface area contributed by atoms with Crippen LogP contribution >= 0.6 is 0 Å². The summed E-state index contributed by atoms with van der Waals surface area (Å²) in [4.78, 5) is 20.9. The third kappa shape index (κ3) is 5.56. The third-order valence-corrected chi connectivity index (χ3v) is 4.66. The largest absolute Gasteiger partial charge is 0.381 e. The van der Waals surface area contributed by atoms with Crippen molar-refractivity contribution in [3.63, 3.8) is 0 Å². The van der Waals surface area contributed by atoms with Crippen LogP contribution in [0, 0.1) is 0 Å². The predicted octanol–water partition coefficient (Wildman–Crippen LogP) is 2.77. The van der Waals surface area contributed by atoms with E-state index in [9.17, 15) is 4.79 Å². The monoisotopic (exact) mass is 353 g/mol. The number of piperazine rings is 1. The maximum atomic E-state index is 12.3. The number of aromatic nitrogens is 1. The summed E-state index contributed by atoms with van der Waals surface area (Å²) in [5, 5.41) is 0. The number of amides is 1. The number of hydrogen-bond acceptors (Lipinski definition) is 4. The maximum Gasteiger partial charge on any atom is 0.222 e. The van der Waals surface area contributed by atoms with Crippen LogP contribution in [-0.2, 0) is 16.0 Å². The summed E-state index contributed by atoms with van der Waals surface area (Å²) in [5.74, 6) is 1.23. The minimum atomic E-state index is 0.234. The van der Waals surface area contributed by atoms with Crippen LogP contribution < -0.4 is 4.90 Å². The Morgan fingerprint density at radius 2 is 1.73 bits per heavy atom. The van der Waals surface area contributed by atoms with Gasteiger partial charge in [0.1, 0.15) is 5.82 Å². The Balaban J connectivity index is 1.27. The second kappa shape index (κ2) is 9.92. The van der Waals surface area contributed by atoms with Crippen molar-refractivity contribution in [1.82, 2.24) is 9.88 Å². The molecule has 0 aliphatic carbocycles. The molecule has 1 aliphatic rings. The molecular formula is C21H27N3O2. The topological polar surface area (TPSA) is 45.7 Å². The van der Waals surface area contributed by atoms with E-state index >= 15 is 0 Å². The van der Waals surface area contributed by atoms with E-state index in [-0.39, 0.29) is 5.91 Å². The molecule has 1 aliphatic heterocycles. The Morgan fingerprint density at radius 3 is 2.46 bits per heavy atom. The predicted molar refractivity (Wildman–Crippen MR) is 103 cm³/mol. The molecule has 1 aromatic heterocycles. The van der Waals surface area contributed by atoms with E-state index in [2.05, 4.69) is 22.0 Å². The molecule has 0 N–H and O–H groups in total. The van der Waals surface area contributed by atoms with Crippen LogP contribution in [0.5, 0.6) is 0 Å². The smallest absolute Gasteiger partial charge is 0.222 e. The first kappa shape index (κ1) is 18.4. The first-order valence-corrected chi connectivity index (χ1v) is 9.38. The highest BCUT2D eigenvalue weighted by atomic mass is 16.5. The molecule has 0 bridgehead atoms. The van der Waals surface area contributed by atoms with Gasteiger partial charge in [-0.3, -0.25) is 4.79 Å². The molecule has 1 fully saturated rings. The molecule has 0 radical (unpaired) electrons. The van der Waals surface area contributed by atoms with E-state index in [1.54, 1.807) is 0 Å². The number of rotatable bonds is 8. The van der Waals surface area contributed by atoms with Gasteiger partial charge in [0.15, 0.2) is 0 Å². The first-order chi connectivity index (χ1) is 12.8. The fourth-order valence-electron chi connectivity index (χ4n) is 3.15. The zero-order valence-corrected chi connectivity index (χ0v) is 15.2. The van der Waals surface area contributed by atoms with Gasteiger partial charge in [0, 0.05) is 45.4 Å². The molecule has 5 heteroatoms. The van der Waals surface area contributed by atoms with Crippen LogP contribution in [0.3, 0.4) is 0 Å². The van der Waals surface area contributed by atoms with Crippen LogP contribution in [0.25, 0.3) is 0 Å². The average molecular weight is 353 g/mol. The molecule has 1 amide bonds. The van der Waals surface area contributed by atoms with E-state index in [1.807, 2.05) is 47.5 Å². The Bertz CT molecular complexity index is 655. The quantitative estimate of drug-likeness (QED) is 0.685. The molecule has 1 aromatic carbocycles. The van der Waals surface area contributed by atoms with Crippen LogP contribution in [0.2, 0.25) is 0 Å². The van der Waals surface area contributed by atoms with Crippen molar-refractivity contribution in [2.75, 3.05) is 44.3 Å². The zero-order valence-electron chi connectivity index (χ0n) is 15.2. The van der Waals surface area contributed by atoms with E-state index in [0.29, 0.717) is 19.6 Å². The number of pyridine rings is 1. The summed E-state index contributed by atoms with van der Waals surface area (Å²) >= 11 is 0. The van der Waals surface area contributed by atoms with E-state index in [4.69, 9.17) is 4.74 Å². The highest BCUT2D eigenvalue weighted by Crippen LogP contribution is 2.13. The van der Waals surface area contributed by atoms with E-state index < -0.39 is 0 Å². The molecule has 138 valence electrons. The standard InChI is InChI=1S/C21H27N3O2/c25-21(10-6-17-26-18-11-19-7-2-1-3-8-19)24-15-13-23(14-16-24)20-9-4-5-12-22-20/h1-5,7-9,12H,6,10-11,13-18H2. The first-order valence-electron chi connectivity index (χ1n) is 9.38. The number of nitrogens with zero attached hydrogens (tertiary/aromatic N) is 3. The van der Waals surface area contributed by atoms with Crippen molar-refractivity contribution in [1.29, 1.82) is 0 Å². The van der Waals surface area contributed by atoms with Crippen molar-refractivity contribution in [3.8, 4) is 0 Å². The van der Waals surface area contributed by atoms with E-state index in [1.165, 1.54) is 5.56 Å². The third-order valence-electron chi connectivity index (χ3n) is 4.66. The van der Waals surface area contributed by atoms with Crippen molar-refractivity contribution in [3.05, 3.63) is 60.3 Å². The fraction of sp³-hybridized carbons (Fsp3) is 0.429. The molecule has 5 nitrogen and oxygen atoms in total. The molecule has 0 unspecified atom stereocenters. The Kier molecular flexibility index (Phi) is 7.02. The molecule has 2 aromatic rings. The summed E-state index contributed by atoms with van der Waals surface area (Å²) in [6.45, 7) is 4.58. The molecule has 0 saturated carbocycles. The van der Waals surface area contributed by atoms with Crippen molar-refractivity contribution >= 4 is 11.7 Å². The maximum absolute atomic E-state index is 12.3. The van der Waals surface area contributed by atoms with Gasteiger partial charge in [-0.15, -0.1) is 0 Å². The Morgan fingerprint density at radius 1 is 0.962 bits per heavy atom. The number of carbonyl (C=O) groups excluding carboxylic acids is 1. The zero-order chi connectivity index (χ0) is 18.0. The average Bonchev–Trinajstić information content (AvgIpc) is 2.72. The number of benzene rings is 1. The summed E-state index contributed by atoms with van der Waals surface area (Å²) in [5.41, 5.74) is 1.29. The molecule has 2 heterocycles. The Labute approximate surface area is 155 Å². The number of anilines is 1. The molecule has 0 spiro atoms. The molecular weight excluding hydrogens is 326 g/mol. The summed E-state index contributed by atoms with van der Waals surface area (Å²) in [6.07, 6.45) is 4.08. The highest BCUT2D eigenvalue weighted by Gasteiger charge is 2.21. The van der Waals surface area contributed by atoms with Gasteiger partial charge in [-0.25, -0.2) is 4.98 Å². The molecule has 0 atom stereocenters. The Hall–Kier alpha value is -2.40.